The van der Waals surface area contributed by atoms with Crippen LogP contribution in [0.15, 0.2) is 48.5 Å². The van der Waals surface area contributed by atoms with Crippen molar-refractivity contribution in [3.63, 3.8) is 0 Å². The molecule has 2 aromatic rings. The van der Waals surface area contributed by atoms with E-state index in [2.05, 4.69) is 19.2 Å². The maximum atomic E-state index is 12.7. The van der Waals surface area contributed by atoms with Crippen molar-refractivity contribution in [3.05, 3.63) is 59.7 Å². The van der Waals surface area contributed by atoms with Crippen LogP contribution in [0.25, 0.3) is 0 Å². The first kappa shape index (κ1) is 24.7. The number of carbonyl (C=O) groups is 1. The molecule has 0 heterocycles. The highest BCUT2D eigenvalue weighted by Crippen LogP contribution is 2.25. The fourth-order valence-corrected chi connectivity index (χ4v) is 4.57. The zero-order valence-corrected chi connectivity index (χ0v) is 19.9. The third-order valence-electron chi connectivity index (χ3n) is 5.11. The third-order valence-corrected chi connectivity index (χ3v) is 6.29. The topological polar surface area (TPSA) is 75.7 Å². The van der Waals surface area contributed by atoms with Gasteiger partial charge in [0.1, 0.15) is 5.75 Å². The third kappa shape index (κ3) is 7.58. The van der Waals surface area contributed by atoms with Crippen LogP contribution in [-0.4, -0.2) is 34.2 Å². The van der Waals surface area contributed by atoms with Crippen LogP contribution >= 0.6 is 0 Å². The van der Waals surface area contributed by atoms with E-state index in [0.29, 0.717) is 18.0 Å². The number of benzene rings is 2. The molecule has 0 bridgehead atoms. The van der Waals surface area contributed by atoms with Crippen molar-refractivity contribution < 1.29 is 17.9 Å². The van der Waals surface area contributed by atoms with Gasteiger partial charge in [0, 0.05) is 13.0 Å². The summed E-state index contributed by atoms with van der Waals surface area (Å²) in [6.45, 7) is 6.38. The molecule has 0 aliphatic heterocycles. The molecule has 0 fully saturated rings. The molecule has 0 aromatic heterocycles. The number of nitrogens with zero attached hydrogens (tertiary/aromatic N) is 1. The molecule has 0 saturated carbocycles. The number of anilines is 1. The summed E-state index contributed by atoms with van der Waals surface area (Å²) in [6.07, 6.45) is 2.70. The fraction of sp³-hybridized carbons (Fsp3) is 0.458. The van der Waals surface area contributed by atoms with E-state index >= 15 is 0 Å². The van der Waals surface area contributed by atoms with Crippen LogP contribution in [0.5, 0.6) is 5.75 Å². The maximum absolute atomic E-state index is 12.7. The number of sulfonamides is 1. The van der Waals surface area contributed by atoms with E-state index in [1.807, 2.05) is 49.4 Å². The van der Waals surface area contributed by atoms with Crippen molar-refractivity contribution in [2.75, 3.05) is 24.2 Å². The van der Waals surface area contributed by atoms with Gasteiger partial charge in [-0.25, -0.2) is 8.42 Å². The second-order valence-corrected chi connectivity index (χ2v) is 10.2. The number of carbonyl (C=O) groups excluding carboxylic acids is 1. The van der Waals surface area contributed by atoms with Gasteiger partial charge >= 0.3 is 0 Å². The number of methoxy groups -OCH3 is 1. The summed E-state index contributed by atoms with van der Waals surface area (Å²) < 4.78 is 31.2. The van der Waals surface area contributed by atoms with Crippen LogP contribution in [0.2, 0.25) is 0 Å². The van der Waals surface area contributed by atoms with E-state index < -0.39 is 10.0 Å². The number of aryl methyl sites for hydroxylation is 1. The van der Waals surface area contributed by atoms with Crippen molar-refractivity contribution in [2.45, 2.75) is 46.1 Å². The summed E-state index contributed by atoms with van der Waals surface area (Å²) in [5.41, 5.74) is 2.57. The smallest absolute Gasteiger partial charge is 0.232 e. The highest BCUT2D eigenvalue weighted by Gasteiger charge is 2.20. The number of amides is 1. The maximum Gasteiger partial charge on any atom is 0.232 e. The molecular weight excluding hydrogens is 412 g/mol. The van der Waals surface area contributed by atoms with Gasteiger partial charge in [0.2, 0.25) is 15.9 Å². The van der Waals surface area contributed by atoms with Gasteiger partial charge in [-0.15, -0.1) is 0 Å². The molecule has 0 unspecified atom stereocenters. The average molecular weight is 447 g/mol. The van der Waals surface area contributed by atoms with Crippen LogP contribution in [0, 0.1) is 12.8 Å². The lowest BCUT2D eigenvalue weighted by atomic mass is 9.96. The van der Waals surface area contributed by atoms with Crippen LogP contribution in [0.4, 0.5) is 5.69 Å². The highest BCUT2D eigenvalue weighted by atomic mass is 32.2. The number of rotatable bonds is 11. The van der Waals surface area contributed by atoms with Gasteiger partial charge in [-0.3, -0.25) is 9.10 Å². The van der Waals surface area contributed by atoms with Crippen molar-refractivity contribution in [2.24, 2.45) is 5.92 Å². The predicted octanol–water partition coefficient (Wildman–Crippen LogP) is 4.45. The van der Waals surface area contributed by atoms with E-state index in [4.69, 9.17) is 4.74 Å². The molecular formula is C24H34N2O4S. The number of nitrogens with one attached hydrogen (secondary N) is 1. The van der Waals surface area contributed by atoms with Gasteiger partial charge in [0.25, 0.3) is 0 Å². The van der Waals surface area contributed by atoms with Crippen molar-refractivity contribution in [3.8, 4) is 5.75 Å². The monoisotopic (exact) mass is 446 g/mol. The van der Waals surface area contributed by atoms with Gasteiger partial charge in [-0.05, 0) is 55.0 Å². The first-order valence-corrected chi connectivity index (χ1v) is 12.4. The molecule has 7 heteroatoms. The Kier molecular flexibility index (Phi) is 8.92. The Balaban J connectivity index is 2.02. The molecule has 0 radical (unpaired) electrons. The minimum atomic E-state index is -3.44. The minimum absolute atomic E-state index is 0.0836. The van der Waals surface area contributed by atoms with Crippen LogP contribution in [0.1, 0.15) is 50.3 Å². The minimum Gasteiger partial charge on any atom is -0.497 e. The molecule has 2 rings (SSSR count). The molecule has 1 amide bonds. The summed E-state index contributed by atoms with van der Waals surface area (Å²) in [5, 5.41) is 3.12. The summed E-state index contributed by atoms with van der Waals surface area (Å²) in [4.78, 5) is 12.7. The number of hydrogen-bond acceptors (Lipinski definition) is 4. The second kappa shape index (κ2) is 11.2. The summed E-state index contributed by atoms with van der Waals surface area (Å²) in [6, 6.07) is 15.0. The lowest BCUT2D eigenvalue weighted by molar-refractivity contribution is -0.122. The summed E-state index contributed by atoms with van der Waals surface area (Å²) >= 11 is 0. The number of para-hydroxylation sites is 1. The lowest BCUT2D eigenvalue weighted by Crippen LogP contribution is -2.33. The zero-order valence-electron chi connectivity index (χ0n) is 19.1. The van der Waals surface area contributed by atoms with Gasteiger partial charge in [-0.1, -0.05) is 44.2 Å². The SMILES string of the molecule is COc1ccc([C@@H](CC(C)C)NC(=O)CCCN(c2ccccc2C)S(C)(=O)=O)cc1. The predicted molar refractivity (Wildman–Crippen MR) is 126 cm³/mol. The number of hydrogen-bond donors (Lipinski definition) is 1. The number of ether oxygens (including phenoxy) is 1. The molecule has 6 nitrogen and oxygen atoms in total. The molecule has 1 atom stereocenters. The van der Waals surface area contributed by atoms with E-state index in [1.165, 1.54) is 10.6 Å². The Hall–Kier alpha value is -2.54. The Bertz CT molecular complexity index is 956. The van der Waals surface area contributed by atoms with Crippen LogP contribution in [0.3, 0.4) is 0 Å². The molecule has 0 aliphatic rings. The quantitative estimate of drug-likeness (QED) is 0.553. The van der Waals surface area contributed by atoms with E-state index in [0.717, 1.165) is 23.3 Å². The Morgan fingerprint density at radius 3 is 2.29 bits per heavy atom. The Morgan fingerprint density at radius 1 is 1.10 bits per heavy atom. The molecule has 2 aromatic carbocycles. The van der Waals surface area contributed by atoms with Gasteiger partial charge in [-0.2, -0.15) is 0 Å². The van der Waals surface area contributed by atoms with Gasteiger partial charge < -0.3 is 10.1 Å². The molecule has 0 saturated heterocycles. The van der Waals surface area contributed by atoms with E-state index in [9.17, 15) is 13.2 Å². The fourth-order valence-electron chi connectivity index (χ4n) is 3.54. The van der Waals surface area contributed by atoms with E-state index in [-0.39, 0.29) is 24.9 Å². The van der Waals surface area contributed by atoms with Gasteiger partial charge in [0.05, 0.1) is 25.1 Å². The first-order valence-electron chi connectivity index (χ1n) is 10.6. The molecule has 0 spiro atoms. The van der Waals surface area contributed by atoms with Crippen molar-refractivity contribution in [1.82, 2.24) is 5.32 Å². The summed E-state index contributed by atoms with van der Waals surface area (Å²) in [7, 11) is -1.81. The Labute approximate surface area is 186 Å². The molecule has 31 heavy (non-hydrogen) atoms. The average Bonchev–Trinajstić information content (AvgIpc) is 2.70. The largest absolute Gasteiger partial charge is 0.497 e. The standard InChI is InChI=1S/C24H34N2O4S/c1-18(2)17-22(20-12-14-21(30-4)15-13-20)25-24(27)11-8-16-26(31(5,28)29)23-10-7-6-9-19(23)3/h6-7,9-10,12-15,18,22H,8,11,16-17H2,1-5H3,(H,25,27)/t22-/m1/s1. The van der Waals surface area contributed by atoms with Crippen LogP contribution < -0.4 is 14.4 Å². The molecule has 0 aliphatic carbocycles. The molecule has 1 N–H and O–H groups in total. The van der Waals surface area contributed by atoms with Crippen molar-refractivity contribution in [1.29, 1.82) is 0 Å². The highest BCUT2D eigenvalue weighted by molar-refractivity contribution is 7.92. The van der Waals surface area contributed by atoms with Crippen LogP contribution in [-0.2, 0) is 14.8 Å². The first-order chi connectivity index (χ1) is 14.6. The molecule has 170 valence electrons. The van der Waals surface area contributed by atoms with Gasteiger partial charge in [0.15, 0.2) is 0 Å². The second-order valence-electron chi connectivity index (χ2n) is 8.25. The van der Waals surface area contributed by atoms with Crippen molar-refractivity contribution >= 4 is 21.6 Å². The lowest BCUT2D eigenvalue weighted by Gasteiger charge is -2.25. The zero-order chi connectivity index (χ0) is 23.0. The summed E-state index contributed by atoms with van der Waals surface area (Å²) in [5.74, 6) is 1.10. The Morgan fingerprint density at radius 2 is 1.74 bits per heavy atom. The normalized spacial score (nSPS) is 12.5. The van der Waals surface area contributed by atoms with E-state index in [1.54, 1.807) is 13.2 Å².